The minimum Gasteiger partial charge on any atom is -0.307 e. The Balaban J connectivity index is 1.66. The Hall–Kier alpha value is -0.450. The van der Waals surface area contributed by atoms with E-state index in [1.807, 2.05) is 11.6 Å². The molecule has 0 spiro atoms. The van der Waals surface area contributed by atoms with Crippen LogP contribution in [0.25, 0.3) is 0 Å². The van der Waals surface area contributed by atoms with E-state index in [-0.39, 0.29) is 0 Å². The van der Waals surface area contributed by atoms with Crippen LogP contribution in [0.15, 0.2) is 11.6 Å². The molecule has 1 fully saturated rings. The van der Waals surface area contributed by atoms with Gasteiger partial charge in [-0.2, -0.15) is 0 Å². The fraction of sp³-hybridized carbons (Fsp3) is 0.727. The van der Waals surface area contributed by atoms with Crippen molar-refractivity contribution in [3.05, 3.63) is 16.6 Å². The fourth-order valence-electron chi connectivity index (χ4n) is 2.02. The van der Waals surface area contributed by atoms with Crippen molar-refractivity contribution in [3.8, 4) is 0 Å². The first-order chi connectivity index (χ1) is 7.34. The maximum absolute atomic E-state index is 4.26. The Morgan fingerprint density at radius 3 is 3.00 bits per heavy atom. The second-order valence-corrected chi connectivity index (χ2v) is 5.19. The van der Waals surface area contributed by atoms with Crippen molar-refractivity contribution in [3.63, 3.8) is 0 Å². The van der Waals surface area contributed by atoms with Gasteiger partial charge in [0.25, 0.3) is 0 Å². The molecule has 0 aromatic carbocycles. The van der Waals surface area contributed by atoms with Gasteiger partial charge in [-0.25, -0.2) is 4.98 Å². The van der Waals surface area contributed by atoms with E-state index in [0.717, 1.165) is 6.54 Å². The lowest BCUT2D eigenvalue weighted by Gasteiger charge is -2.20. The lowest BCUT2D eigenvalue weighted by atomic mass is 10.3. The SMILES string of the molecule is CC(CN1CCCC1)NCc1nccs1. The standard InChI is InChI=1S/C11H19N3S/c1-10(9-14-5-2-3-6-14)13-8-11-12-4-7-15-11/h4,7,10,13H,2-3,5-6,8-9H2,1H3. The first kappa shape index (κ1) is 11.0. The average Bonchev–Trinajstić information content (AvgIpc) is 2.86. The molecule has 3 nitrogen and oxygen atoms in total. The summed E-state index contributed by atoms with van der Waals surface area (Å²) in [5.74, 6) is 0. The minimum absolute atomic E-state index is 0.562. The van der Waals surface area contributed by atoms with Gasteiger partial charge in [-0.05, 0) is 32.9 Å². The molecule has 0 saturated carbocycles. The molecule has 1 atom stereocenters. The monoisotopic (exact) mass is 225 g/mol. The predicted octanol–water partition coefficient (Wildman–Crippen LogP) is 1.72. The van der Waals surface area contributed by atoms with Crippen LogP contribution in [-0.2, 0) is 6.54 Å². The lowest BCUT2D eigenvalue weighted by molar-refractivity contribution is 0.298. The van der Waals surface area contributed by atoms with E-state index >= 15 is 0 Å². The summed E-state index contributed by atoms with van der Waals surface area (Å²) in [7, 11) is 0. The Bertz CT molecular complexity index is 267. The minimum atomic E-state index is 0.562. The number of thiazole rings is 1. The van der Waals surface area contributed by atoms with E-state index in [1.165, 1.54) is 37.5 Å². The number of nitrogens with zero attached hydrogens (tertiary/aromatic N) is 2. The topological polar surface area (TPSA) is 28.2 Å². The first-order valence-electron chi connectivity index (χ1n) is 5.69. The van der Waals surface area contributed by atoms with Crippen LogP contribution in [0.4, 0.5) is 0 Å². The molecule has 1 aliphatic rings. The van der Waals surface area contributed by atoms with Gasteiger partial charge in [0.2, 0.25) is 0 Å². The fourth-order valence-corrected chi connectivity index (χ4v) is 2.59. The Morgan fingerprint density at radius 2 is 2.33 bits per heavy atom. The number of nitrogens with one attached hydrogen (secondary N) is 1. The average molecular weight is 225 g/mol. The molecular weight excluding hydrogens is 206 g/mol. The molecule has 0 aliphatic carbocycles. The third kappa shape index (κ3) is 3.55. The second-order valence-electron chi connectivity index (χ2n) is 4.22. The summed E-state index contributed by atoms with van der Waals surface area (Å²) in [4.78, 5) is 6.80. The third-order valence-corrected chi connectivity index (χ3v) is 3.60. The van der Waals surface area contributed by atoms with E-state index in [9.17, 15) is 0 Å². The largest absolute Gasteiger partial charge is 0.307 e. The van der Waals surface area contributed by atoms with Crippen molar-refractivity contribution in [2.45, 2.75) is 32.4 Å². The van der Waals surface area contributed by atoms with Crippen molar-refractivity contribution < 1.29 is 0 Å². The normalized spacial score (nSPS) is 19.5. The smallest absolute Gasteiger partial charge is 0.106 e. The van der Waals surface area contributed by atoms with Crippen molar-refractivity contribution in [2.24, 2.45) is 0 Å². The molecule has 1 N–H and O–H groups in total. The summed E-state index contributed by atoms with van der Waals surface area (Å²) in [6.07, 6.45) is 4.62. The predicted molar refractivity (Wildman–Crippen MR) is 64.1 cm³/mol. The number of hydrogen-bond acceptors (Lipinski definition) is 4. The highest BCUT2D eigenvalue weighted by Gasteiger charge is 2.14. The Labute approximate surface area is 95.5 Å². The summed E-state index contributed by atoms with van der Waals surface area (Å²) in [6.45, 7) is 6.90. The van der Waals surface area contributed by atoms with Crippen LogP contribution in [0.2, 0.25) is 0 Å². The van der Waals surface area contributed by atoms with Crippen LogP contribution >= 0.6 is 11.3 Å². The zero-order valence-corrected chi connectivity index (χ0v) is 10.1. The lowest BCUT2D eigenvalue weighted by Crippen LogP contribution is -2.37. The zero-order valence-electron chi connectivity index (χ0n) is 9.28. The summed E-state index contributed by atoms with van der Waals surface area (Å²) in [5.41, 5.74) is 0. The highest BCUT2D eigenvalue weighted by atomic mass is 32.1. The zero-order chi connectivity index (χ0) is 10.5. The van der Waals surface area contributed by atoms with Gasteiger partial charge in [0.1, 0.15) is 5.01 Å². The number of hydrogen-bond donors (Lipinski definition) is 1. The van der Waals surface area contributed by atoms with Crippen LogP contribution < -0.4 is 5.32 Å². The molecule has 2 rings (SSSR count). The number of aromatic nitrogens is 1. The van der Waals surface area contributed by atoms with E-state index in [2.05, 4.69) is 22.1 Å². The molecule has 4 heteroatoms. The van der Waals surface area contributed by atoms with Crippen molar-refractivity contribution >= 4 is 11.3 Å². The molecular formula is C11H19N3S. The summed E-state index contributed by atoms with van der Waals surface area (Å²) in [6, 6.07) is 0.562. The van der Waals surface area contributed by atoms with Gasteiger partial charge >= 0.3 is 0 Å². The maximum Gasteiger partial charge on any atom is 0.106 e. The molecule has 15 heavy (non-hydrogen) atoms. The van der Waals surface area contributed by atoms with Crippen LogP contribution in [-0.4, -0.2) is 35.6 Å². The van der Waals surface area contributed by atoms with Gasteiger partial charge in [-0.1, -0.05) is 0 Å². The van der Waals surface area contributed by atoms with Crippen LogP contribution in [0, 0.1) is 0 Å². The number of likely N-dealkylation sites (tertiary alicyclic amines) is 1. The molecule has 1 aliphatic heterocycles. The van der Waals surface area contributed by atoms with Crippen LogP contribution in [0.3, 0.4) is 0 Å². The Kier molecular flexibility index (Phi) is 4.11. The summed E-state index contributed by atoms with van der Waals surface area (Å²) in [5, 5.41) is 6.73. The van der Waals surface area contributed by atoms with Gasteiger partial charge in [-0.3, -0.25) is 0 Å². The highest BCUT2D eigenvalue weighted by molar-refractivity contribution is 7.09. The van der Waals surface area contributed by atoms with Gasteiger partial charge in [-0.15, -0.1) is 11.3 Å². The van der Waals surface area contributed by atoms with E-state index < -0.39 is 0 Å². The second kappa shape index (κ2) is 5.58. The highest BCUT2D eigenvalue weighted by Crippen LogP contribution is 2.08. The molecule has 1 aromatic heterocycles. The third-order valence-electron chi connectivity index (χ3n) is 2.82. The number of rotatable bonds is 5. The van der Waals surface area contributed by atoms with Crippen LogP contribution in [0.1, 0.15) is 24.8 Å². The summed E-state index contributed by atoms with van der Waals surface area (Å²) < 4.78 is 0. The van der Waals surface area contributed by atoms with Crippen molar-refractivity contribution in [1.29, 1.82) is 0 Å². The maximum atomic E-state index is 4.26. The van der Waals surface area contributed by atoms with Crippen molar-refractivity contribution in [1.82, 2.24) is 15.2 Å². The first-order valence-corrected chi connectivity index (χ1v) is 6.56. The molecule has 2 heterocycles. The molecule has 0 amide bonds. The molecule has 0 radical (unpaired) electrons. The van der Waals surface area contributed by atoms with Crippen LogP contribution in [0.5, 0.6) is 0 Å². The molecule has 84 valence electrons. The molecule has 1 saturated heterocycles. The quantitative estimate of drug-likeness (QED) is 0.827. The van der Waals surface area contributed by atoms with E-state index in [0.29, 0.717) is 6.04 Å². The van der Waals surface area contributed by atoms with Crippen molar-refractivity contribution in [2.75, 3.05) is 19.6 Å². The molecule has 1 unspecified atom stereocenters. The Morgan fingerprint density at radius 1 is 1.53 bits per heavy atom. The van der Waals surface area contributed by atoms with Gasteiger partial charge in [0, 0.05) is 30.7 Å². The molecule has 1 aromatic rings. The van der Waals surface area contributed by atoms with Gasteiger partial charge in [0.05, 0.1) is 0 Å². The van der Waals surface area contributed by atoms with E-state index in [1.54, 1.807) is 11.3 Å². The van der Waals surface area contributed by atoms with Gasteiger partial charge < -0.3 is 10.2 Å². The van der Waals surface area contributed by atoms with Gasteiger partial charge in [0.15, 0.2) is 0 Å². The summed E-state index contributed by atoms with van der Waals surface area (Å²) >= 11 is 1.72. The van der Waals surface area contributed by atoms with E-state index in [4.69, 9.17) is 0 Å². The molecule has 0 bridgehead atoms.